The molecule has 0 aromatic carbocycles. The SMILES string of the molecule is CCC(=O)N1CCN(C(=O)/C=C/C(=O)NC)CC1. The molecule has 1 aliphatic rings. The van der Waals surface area contributed by atoms with Crippen molar-refractivity contribution in [2.75, 3.05) is 33.2 Å². The van der Waals surface area contributed by atoms with E-state index in [1.54, 1.807) is 9.80 Å². The number of rotatable bonds is 3. The number of piperazine rings is 1. The van der Waals surface area contributed by atoms with Crippen LogP contribution in [0.4, 0.5) is 0 Å². The standard InChI is InChI=1S/C12H19N3O3/c1-3-11(17)14-6-8-15(9-7-14)12(18)5-4-10(16)13-2/h4-5H,3,6-9H2,1-2H3,(H,13,16)/b5-4+. The van der Waals surface area contributed by atoms with Crippen LogP contribution in [0.5, 0.6) is 0 Å². The minimum absolute atomic E-state index is 0.114. The average molecular weight is 253 g/mol. The van der Waals surface area contributed by atoms with Gasteiger partial charge in [-0.05, 0) is 0 Å². The van der Waals surface area contributed by atoms with Gasteiger partial charge in [0.1, 0.15) is 0 Å². The highest BCUT2D eigenvalue weighted by atomic mass is 16.2. The summed E-state index contributed by atoms with van der Waals surface area (Å²) in [5.41, 5.74) is 0. The molecule has 0 aliphatic carbocycles. The second-order valence-electron chi connectivity index (χ2n) is 4.01. The molecule has 0 radical (unpaired) electrons. The molecule has 18 heavy (non-hydrogen) atoms. The zero-order valence-corrected chi connectivity index (χ0v) is 10.8. The molecule has 0 aromatic heterocycles. The normalized spacial score (nSPS) is 15.9. The zero-order valence-electron chi connectivity index (χ0n) is 10.8. The maximum absolute atomic E-state index is 11.7. The third-order valence-electron chi connectivity index (χ3n) is 2.87. The van der Waals surface area contributed by atoms with Crippen LogP contribution in [0.3, 0.4) is 0 Å². The van der Waals surface area contributed by atoms with E-state index in [4.69, 9.17) is 0 Å². The van der Waals surface area contributed by atoms with Crippen LogP contribution >= 0.6 is 0 Å². The van der Waals surface area contributed by atoms with Crippen LogP contribution in [0.15, 0.2) is 12.2 Å². The summed E-state index contributed by atoms with van der Waals surface area (Å²) in [7, 11) is 1.51. The van der Waals surface area contributed by atoms with Crippen LogP contribution in [-0.4, -0.2) is 60.7 Å². The van der Waals surface area contributed by atoms with Gasteiger partial charge in [-0.15, -0.1) is 0 Å². The smallest absolute Gasteiger partial charge is 0.246 e. The minimum Gasteiger partial charge on any atom is -0.356 e. The fourth-order valence-corrected chi connectivity index (χ4v) is 1.74. The molecule has 3 amide bonds. The number of nitrogens with one attached hydrogen (secondary N) is 1. The molecular formula is C12H19N3O3. The molecule has 1 N–H and O–H groups in total. The van der Waals surface area contributed by atoms with Crippen molar-refractivity contribution in [3.8, 4) is 0 Å². The molecule has 1 fully saturated rings. The number of hydrogen-bond acceptors (Lipinski definition) is 3. The van der Waals surface area contributed by atoms with E-state index >= 15 is 0 Å². The summed E-state index contributed by atoms with van der Waals surface area (Å²) in [6.45, 7) is 3.98. The lowest BCUT2D eigenvalue weighted by Crippen LogP contribution is -2.50. The Morgan fingerprint density at radius 3 is 2.11 bits per heavy atom. The van der Waals surface area contributed by atoms with Gasteiger partial charge in [-0.3, -0.25) is 14.4 Å². The van der Waals surface area contributed by atoms with Crippen molar-refractivity contribution in [3.63, 3.8) is 0 Å². The summed E-state index contributed by atoms with van der Waals surface area (Å²) in [6.07, 6.45) is 2.96. The molecule has 0 atom stereocenters. The Morgan fingerprint density at radius 1 is 1.06 bits per heavy atom. The van der Waals surface area contributed by atoms with Gasteiger partial charge < -0.3 is 15.1 Å². The largest absolute Gasteiger partial charge is 0.356 e. The van der Waals surface area contributed by atoms with Gasteiger partial charge in [0.15, 0.2) is 0 Å². The molecule has 1 aliphatic heterocycles. The number of carbonyl (C=O) groups is 3. The van der Waals surface area contributed by atoms with Crippen LogP contribution in [0, 0.1) is 0 Å². The topological polar surface area (TPSA) is 69.7 Å². The van der Waals surface area contributed by atoms with Crippen molar-refractivity contribution >= 4 is 17.7 Å². The van der Waals surface area contributed by atoms with Crippen molar-refractivity contribution in [3.05, 3.63) is 12.2 Å². The van der Waals surface area contributed by atoms with Gasteiger partial charge in [-0.25, -0.2) is 0 Å². The van der Waals surface area contributed by atoms with Gasteiger partial charge in [0.25, 0.3) is 0 Å². The fourth-order valence-electron chi connectivity index (χ4n) is 1.74. The first kappa shape index (κ1) is 14.2. The molecule has 0 saturated carbocycles. The van der Waals surface area contributed by atoms with E-state index in [1.165, 1.54) is 19.2 Å². The maximum Gasteiger partial charge on any atom is 0.246 e. The third kappa shape index (κ3) is 3.87. The first-order chi connectivity index (χ1) is 8.58. The van der Waals surface area contributed by atoms with Gasteiger partial charge in [-0.1, -0.05) is 6.92 Å². The molecular weight excluding hydrogens is 234 g/mol. The number of amides is 3. The van der Waals surface area contributed by atoms with E-state index < -0.39 is 0 Å². The van der Waals surface area contributed by atoms with E-state index in [9.17, 15) is 14.4 Å². The zero-order chi connectivity index (χ0) is 13.5. The van der Waals surface area contributed by atoms with E-state index in [0.717, 1.165) is 0 Å². The van der Waals surface area contributed by atoms with Crippen LogP contribution in [0.2, 0.25) is 0 Å². The molecule has 0 unspecified atom stereocenters. The Labute approximate surface area is 107 Å². The first-order valence-electron chi connectivity index (χ1n) is 6.05. The number of nitrogens with zero attached hydrogens (tertiary/aromatic N) is 2. The minimum atomic E-state index is -0.303. The van der Waals surface area contributed by atoms with Crippen molar-refractivity contribution in [2.45, 2.75) is 13.3 Å². The van der Waals surface area contributed by atoms with Crippen molar-refractivity contribution in [2.24, 2.45) is 0 Å². The van der Waals surface area contributed by atoms with Crippen LogP contribution in [0.25, 0.3) is 0 Å². The van der Waals surface area contributed by atoms with E-state index in [2.05, 4.69) is 5.32 Å². The summed E-state index contributed by atoms with van der Waals surface area (Å²) in [5.74, 6) is -0.381. The summed E-state index contributed by atoms with van der Waals surface area (Å²) in [4.78, 5) is 37.5. The van der Waals surface area contributed by atoms with Crippen molar-refractivity contribution < 1.29 is 14.4 Å². The Kier molecular flexibility index (Phi) is 5.35. The summed E-state index contributed by atoms with van der Waals surface area (Å²) in [6, 6.07) is 0. The highest BCUT2D eigenvalue weighted by Gasteiger charge is 2.21. The molecule has 6 nitrogen and oxygen atoms in total. The van der Waals surface area contributed by atoms with E-state index in [-0.39, 0.29) is 17.7 Å². The Bertz CT molecular complexity index is 358. The van der Waals surface area contributed by atoms with Crippen LogP contribution in [0.1, 0.15) is 13.3 Å². The molecule has 1 heterocycles. The lowest BCUT2D eigenvalue weighted by Gasteiger charge is -2.34. The maximum atomic E-state index is 11.7. The van der Waals surface area contributed by atoms with Gasteiger partial charge in [0.05, 0.1) is 0 Å². The van der Waals surface area contributed by atoms with E-state index in [0.29, 0.717) is 32.6 Å². The number of likely N-dealkylation sites (N-methyl/N-ethyl adjacent to an activating group) is 1. The van der Waals surface area contributed by atoms with Crippen LogP contribution in [-0.2, 0) is 14.4 Å². The molecule has 0 bridgehead atoms. The molecule has 0 aromatic rings. The van der Waals surface area contributed by atoms with E-state index in [1.807, 2.05) is 6.92 Å². The fraction of sp³-hybridized carbons (Fsp3) is 0.583. The van der Waals surface area contributed by atoms with Crippen molar-refractivity contribution in [1.82, 2.24) is 15.1 Å². The molecule has 1 rings (SSSR count). The van der Waals surface area contributed by atoms with Gasteiger partial charge >= 0.3 is 0 Å². The second-order valence-corrected chi connectivity index (χ2v) is 4.01. The highest BCUT2D eigenvalue weighted by Crippen LogP contribution is 2.04. The lowest BCUT2D eigenvalue weighted by molar-refractivity contribution is -0.137. The second kappa shape index (κ2) is 6.78. The summed E-state index contributed by atoms with van der Waals surface area (Å²) < 4.78 is 0. The van der Waals surface area contributed by atoms with Crippen LogP contribution < -0.4 is 5.32 Å². The van der Waals surface area contributed by atoms with Gasteiger partial charge in [0.2, 0.25) is 17.7 Å². The highest BCUT2D eigenvalue weighted by molar-refractivity contribution is 5.96. The molecule has 6 heteroatoms. The van der Waals surface area contributed by atoms with Gasteiger partial charge in [0, 0.05) is 51.8 Å². The average Bonchev–Trinajstić information content (AvgIpc) is 2.43. The molecule has 0 spiro atoms. The number of hydrogen-bond donors (Lipinski definition) is 1. The Morgan fingerprint density at radius 2 is 1.61 bits per heavy atom. The molecule has 1 saturated heterocycles. The first-order valence-corrected chi connectivity index (χ1v) is 6.05. The Hall–Kier alpha value is -1.85. The summed E-state index contributed by atoms with van der Waals surface area (Å²) >= 11 is 0. The summed E-state index contributed by atoms with van der Waals surface area (Å²) in [5, 5.41) is 2.40. The third-order valence-corrected chi connectivity index (χ3v) is 2.87. The quantitative estimate of drug-likeness (QED) is 0.681. The lowest BCUT2D eigenvalue weighted by atomic mass is 10.2. The predicted molar refractivity (Wildman–Crippen MR) is 66.7 cm³/mol. The molecule has 100 valence electrons. The Balaban J connectivity index is 2.43. The van der Waals surface area contributed by atoms with Crippen molar-refractivity contribution in [1.29, 1.82) is 0 Å². The number of carbonyl (C=O) groups excluding carboxylic acids is 3. The monoisotopic (exact) mass is 253 g/mol. The van der Waals surface area contributed by atoms with Gasteiger partial charge in [-0.2, -0.15) is 0 Å². The predicted octanol–water partition coefficient (Wildman–Crippen LogP) is -0.631.